The lowest BCUT2D eigenvalue weighted by Crippen LogP contribution is -2.41. The average Bonchev–Trinajstić information content (AvgIpc) is 3.28. The van der Waals surface area contributed by atoms with Crippen LogP contribution in [0.5, 0.6) is 5.75 Å². The number of carbonyl (C=O) groups is 2. The van der Waals surface area contributed by atoms with Crippen LogP contribution < -0.4 is 15.4 Å². The Bertz CT molecular complexity index is 721. The Kier molecular flexibility index (Phi) is 5.38. The van der Waals surface area contributed by atoms with Crippen molar-refractivity contribution in [3.8, 4) is 5.75 Å². The van der Waals surface area contributed by atoms with Crippen molar-refractivity contribution < 1.29 is 18.7 Å². The second-order valence-corrected chi connectivity index (χ2v) is 6.21. The zero-order chi connectivity index (χ0) is 17.6. The molecule has 132 valence electrons. The predicted molar refractivity (Wildman–Crippen MR) is 93.6 cm³/mol. The minimum absolute atomic E-state index is 0.173. The lowest BCUT2D eigenvalue weighted by Gasteiger charge is -2.16. The second-order valence-electron chi connectivity index (χ2n) is 6.21. The molecular weight excluding hydrogens is 320 g/mol. The molecule has 0 radical (unpaired) electrons. The van der Waals surface area contributed by atoms with Crippen molar-refractivity contribution in [2.75, 3.05) is 5.32 Å². The number of nitrogens with one attached hydrogen (secondary N) is 2. The van der Waals surface area contributed by atoms with Crippen LogP contribution in [0.2, 0.25) is 0 Å². The van der Waals surface area contributed by atoms with Gasteiger partial charge in [0.05, 0.1) is 12.4 Å². The highest BCUT2D eigenvalue weighted by Crippen LogP contribution is 2.25. The van der Waals surface area contributed by atoms with Crippen LogP contribution in [-0.2, 0) is 4.79 Å². The molecule has 1 unspecified atom stereocenters. The summed E-state index contributed by atoms with van der Waals surface area (Å²) in [7, 11) is 0. The van der Waals surface area contributed by atoms with E-state index in [2.05, 4.69) is 10.6 Å². The molecule has 2 N–H and O–H groups in total. The van der Waals surface area contributed by atoms with E-state index in [1.54, 1.807) is 31.2 Å². The summed E-state index contributed by atoms with van der Waals surface area (Å²) in [6, 6.07) is 9.79. The van der Waals surface area contributed by atoms with Gasteiger partial charge in [-0.2, -0.15) is 0 Å². The van der Waals surface area contributed by atoms with Gasteiger partial charge in [-0.15, -0.1) is 0 Å². The van der Waals surface area contributed by atoms with E-state index < -0.39 is 11.9 Å². The van der Waals surface area contributed by atoms with Gasteiger partial charge < -0.3 is 19.8 Å². The molecule has 1 aliphatic carbocycles. The van der Waals surface area contributed by atoms with Crippen LogP contribution in [0.3, 0.4) is 0 Å². The number of amides is 2. The van der Waals surface area contributed by atoms with Crippen LogP contribution in [0.15, 0.2) is 47.1 Å². The van der Waals surface area contributed by atoms with E-state index in [-0.39, 0.29) is 17.8 Å². The summed E-state index contributed by atoms with van der Waals surface area (Å²) in [5, 5.41) is 5.39. The number of furan rings is 1. The van der Waals surface area contributed by atoms with E-state index in [0.717, 1.165) is 18.6 Å². The van der Waals surface area contributed by atoms with Crippen LogP contribution in [0.4, 0.5) is 5.69 Å². The molecule has 0 aliphatic heterocycles. The largest absolute Gasteiger partial charge is 0.490 e. The highest BCUT2D eigenvalue weighted by Gasteiger charge is 2.19. The maximum absolute atomic E-state index is 12.3. The average molecular weight is 342 g/mol. The summed E-state index contributed by atoms with van der Waals surface area (Å²) < 4.78 is 11.0. The number of hydrogen-bond donors (Lipinski definition) is 2. The van der Waals surface area contributed by atoms with Crippen LogP contribution >= 0.6 is 0 Å². The standard InChI is InChI=1S/C19H22N2O4/c1-13(20-19(23)17-10-5-11-24-17)18(22)21-14-6-4-9-16(12-14)25-15-7-2-3-8-15/h4-6,9-13,15H,2-3,7-8H2,1H3,(H,20,23)(H,21,22). The molecular formula is C19H22N2O4. The molecule has 2 amide bonds. The van der Waals surface area contributed by atoms with Crippen molar-refractivity contribution in [2.24, 2.45) is 0 Å². The third-order valence-electron chi connectivity index (χ3n) is 4.19. The van der Waals surface area contributed by atoms with Gasteiger partial charge in [0, 0.05) is 11.8 Å². The maximum atomic E-state index is 12.3. The first-order chi connectivity index (χ1) is 12.1. The first-order valence-electron chi connectivity index (χ1n) is 8.54. The molecule has 25 heavy (non-hydrogen) atoms. The third-order valence-corrected chi connectivity index (χ3v) is 4.19. The molecule has 2 aromatic rings. The molecule has 0 spiro atoms. The van der Waals surface area contributed by atoms with Gasteiger partial charge in [0.15, 0.2) is 5.76 Å². The highest BCUT2D eigenvalue weighted by atomic mass is 16.5. The molecule has 1 aliphatic rings. The molecule has 1 aromatic carbocycles. The van der Waals surface area contributed by atoms with Crippen LogP contribution in [0, 0.1) is 0 Å². The Morgan fingerprint density at radius 3 is 2.72 bits per heavy atom. The highest BCUT2D eigenvalue weighted by molar-refractivity contribution is 5.99. The Balaban J connectivity index is 1.55. The van der Waals surface area contributed by atoms with Gasteiger partial charge in [0.1, 0.15) is 11.8 Å². The quantitative estimate of drug-likeness (QED) is 0.843. The molecule has 6 nitrogen and oxygen atoms in total. The lowest BCUT2D eigenvalue weighted by atomic mass is 10.2. The summed E-state index contributed by atoms with van der Waals surface area (Å²) in [5.74, 6) is 0.187. The van der Waals surface area contributed by atoms with Gasteiger partial charge in [-0.3, -0.25) is 9.59 Å². The van der Waals surface area contributed by atoms with Crippen molar-refractivity contribution in [3.63, 3.8) is 0 Å². The molecule has 6 heteroatoms. The van der Waals surface area contributed by atoms with Crippen LogP contribution in [0.25, 0.3) is 0 Å². The number of ether oxygens (including phenoxy) is 1. The van der Waals surface area contributed by atoms with Gasteiger partial charge in [-0.1, -0.05) is 6.07 Å². The number of rotatable bonds is 6. The van der Waals surface area contributed by atoms with Gasteiger partial charge in [0.2, 0.25) is 5.91 Å². The van der Waals surface area contributed by atoms with Crippen molar-refractivity contribution in [1.82, 2.24) is 5.32 Å². The maximum Gasteiger partial charge on any atom is 0.287 e. The molecule has 0 saturated heterocycles. The summed E-state index contributed by atoms with van der Waals surface area (Å²) in [6.45, 7) is 1.62. The molecule has 1 saturated carbocycles. The molecule has 1 fully saturated rings. The smallest absolute Gasteiger partial charge is 0.287 e. The first-order valence-corrected chi connectivity index (χ1v) is 8.54. The fourth-order valence-electron chi connectivity index (χ4n) is 2.84. The lowest BCUT2D eigenvalue weighted by molar-refractivity contribution is -0.117. The normalized spacial score (nSPS) is 15.6. The number of carbonyl (C=O) groups excluding carboxylic acids is 2. The monoisotopic (exact) mass is 342 g/mol. The Morgan fingerprint density at radius 2 is 2.00 bits per heavy atom. The fourth-order valence-corrected chi connectivity index (χ4v) is 2.84. The van der Waals surface area contributed by atoms with Crippen molar-refractivity contribution >= 4 is 17.5 Å². The van der Waals surface area contributed by atoms with Crippen molar-refractivity contribution in [2.45, 2.75) is 44.8 Å². The van der Waals surface area contributed by atoms with E-state index in [0.29, 0.717) is 5.69 Å². The minimum Gasteiger partial charge on any atom is -0.490 e. The van der Waals surface area contributed by atoms with E-state index in [1.165, 1.54) is 19.1 Å². The van der Waals surface area contributed by atoms with E-state index in [1.807, 2.05) is 12.1 Å². The Morgan fingerprint density at radius 1 is 1.20 bits per heavy atom. The summed E-state index contributed by atoms with van der Waals surface area (Å²) in [6.07, 6.45) is 6.23. The van der Waals surface area contributed by atoms with Crippen LogP contribution in [0.1, 0.15) is 43.2 Å². The van der Waals surface area contributed by atoms with Crippen LogP contribution in [-0.4, -0.2) is 24.0 Å². The zero-order valence-electron chi connectivity index (χ0n) is 14.2. The third kappa shape index (κ3) is 4.62. The number of benzene rings is 1. The molecule has 0 bridgehead atoms. The molecule has 1 atom stereocenters. The minimum atomic E-state index is -0.697. The van der Waals surface area contributed by atoms with E-state index in [4.69, 9.17) is 9.15 Å². The van der Waals surface area contributed by atoms with Gasteiger partial charge in [0.25, 0.3) is 5.91 Å². The topological polar surface area (TPSA) is 80.6 Å². The van der Waals surface area contributed by atoms with E-state index in [9.17, 15) is 9.59 Å². The Labute approximate surface area is 146 Å². The molecule has 3 rings (SSSR count). The zero-order valence-corrected chi connectivity index (χ0v) is 14.2. The second kappa shape index (κ2) is 7.88. The predicted octanol–water partition coefficient (Wildman–Crippen LogP) is 3.36. The number of anilines is 1. The fraction of sp³-hybridized carbons (Fsp3) is 0.368. The SMILES string of the molecule is CC(NC(=O)c1ccco1)C(=O)Nc1cccc(OC2CCCC2)c1. The number of hydrogen-bond acceptors (Lipinski definition) is 4. The Hall–Kier alpha value is -2.76. The van der Waals surface area contributed by atoms with Crippen molar-refractivity contribution in [3.05, 3.63) is 48.4 Å². The summed E-state index contributed by atoms with van der Waals surface area (Å²) in [4.78, 5) is 24.2. The summed E-state index contributed by atoms with van der Waals surface area (Å²) in [5.41, 5.74) is 0.639. The van der Waals surface area contributed by atoms with E-state index >= 15 is 0 Å². The van der Waals surface area contributed by atoms with Gasteiger partial charge in [-0.05, 0) is 56.9 Å². The van der Waals surface area contributed by atoms with Gasteiger partial charge in [-0.25, -0.2) is 0 Å². The summed E-state index contributed by atoms with van der Waals surface area (Å²) >= 11 is 0. The molecule has 1 aromatic heterocycles. The first kappa shape index (κ1) is 17.1. The van der Waals surface area contributed by atoms with Gasteiger partial charge >= 0.3 is 0 Å². The molecule has 1 heterocycles. The van der Waals surface area contributed by atoms with Crippen molar-refractivity contribution in [1.29, 1.82) is 0 Å².